The van der Waals surface area contributed by atoms with Gasteiger partial charge in [-0.2, -0.15) is 5.10 Å². The fourth-order valence-corrected chi connectivity index (χ4v) is 2.60. The minimum absolute atomic E-state index is 0.219. The van der Waals surface area contributed by atoms with E-state index in [1.807, 2.05) is 0 Å². The van der Waals surface area contributed by atoms with Crippen molar-refractivity contribution in [2.24, 2.45) is 11.8 Å². The molecule has 0 saturated heterocycles. The average Bonchev–Trinajstić information content (AvgIpc) is 2.84. The van der Waals surface area contributed by atoms with Gasteiger partial charge in [0.1, 0.15) is 6.54 Å². The van der Waals surface area contributed by atoms with E-state index in [2.05, 4.69) is 22.7 Å². The first-order chi connectivity index (χ1) is 10.0. The molecule has 0 aliphatic heterocycles. The largest absolute Gasteiger partial charge is 0.480 e. The van der Waals surface area contributed by atoms with E-state index in [1.165, 1.54) is 29.9 Å². The van der Waals surface area contributed by atoms with E-state index >= 15 is 0 Å². The summed E-state index contributed by atoms with van der Waals surface area (Å²) in [6, 6.07) is -0.275. The highest BCUT2D eigenvalue weighted by molar-refractivity contribution is 5.88. The second-order valence-electron chi connectivity index (χ2n) is 5.78. The van der Waals surface area contributed by atoms with Crippen molar-refractivity contribution in [3.8, 4) is 0 Å². The van der Waals surface area contributed by atoms with Crippen molar-refractivity contribution in [2.75, 3.05) is 11.9 Å². The van der Waals surface area contributed by atoms with Gasteiger partial charge >= 0.3 is 12.0 Å². The molecule has 0 atom stereocenters. The van der Waals surface area contributed by atoms with Crippen molar-refractivity contribution < 1.29 is 14.7 Å². The maximum absolute atomic E-state index is 11.8. The Labute approximate surface area is 123 Å². The fraction of sp³-hybridized carbons (Fsp3) is 0.643. The number of aromatic nitrogens is 2. The topological polar surface area (TPSA) is 96.3 Å². The molecule has 2 rings (SSSR count). The van der Waals surface area contributed by atoms with Crippen LogP contribution >= 0.6 is 0 Å². The molecule has 1 heterocycles. The van der Waals surface area contributed by atoms with Crippen LogP contribution in [-0.4, -0.2) is 33.4 Å². The van der Waals surface area contributed by atoms with Gasteiger partial charge in [-0.25, -0.2) is 4.79 Å². The number of carbonyl (C=O) groups excluding carboxylic acids is 1. The molecule has 1 saturated carbocycles. The fourth-order valence-electron chi connectivity index (χ4n) is 2.60. The second-order valence-corrected chi connectivity index (χ2v) is 5.78. The zero-order chi connectivity index (χ0) is 15.2. The van der Waals surface area contributed by atoms with Gasteiger partial charge in [0.05, 0.1) is 11.9 Å². The number of carboxylic acids is 1. The van der Waals surface area contributed by atoms with Crippen LogP contribution in [0, 0.1) is 11.8 Å². The van der Waals surface area contributed by atoms with Crippen LogP contribution in [-0.2, 0) is 11.3 Å². The second kappa shape index (κ2) is 7.10. The summed E-state index contributed by atoms with van der Waals surface area (Å²) in [7, 11) is 0. The number of aliphatic carboxylic acids is 1. The van der Waals surface area contributed by atoms with E-state index in [-0.39, 0.29) is 12.6 Å². The van der Waals surface area contributed by atoms with Crippen LogP contribution in [0.3, 0.4) is 0 Å². The number of carboxylic acid groups (broad SMARTS) is 1. The molecular formula is C14H22N4O3. The van der Waals surface area contributed by atoms with Crippen LogP contribution in [0.1, 0.15) is 32.6 Å². The number of hydrogen-bond acceptors (Lipinski definition) is 3. The van der Waals surface area contributed by atoms with E-state index in [1.54, 1.807) is 0 Å². The SMILES string of the molecule is CC1CCC(CNC(=O)Nc2cnn(CC(=O)O)c2)CC1. The van der Waals surface area contributed by atoms with Gasteiger partial charge < -0.3 is 15.7 Å². The van der Waals surface area contributed by atoms with Gasteiger partial charge in [0.2, 0.25) is 0 Å². The summed E-state index contributed by atoms with van der Waals surface area (Å²) in [6.07, 6.45) is 7.72. The quantitative estimate of drug-likeness (QED) is 0.773. The summed E-state index contributed by atoms with van der Waals surface area (Å²) in [5, 5.41) is 18.0. The molecule has 116 valence electrons. The third-order valence-electron chi connectivity index (χ3n) is 3.88. The lowest BCUT2D eigenvalue weighted by molar-refractivity contribution is -0.137. The number of anilines is 1. The molecule has 0 radical (unpaired) electrons. The molecule has 7 nitrogen and oxygen atoms in total. The summed E-state index contributed by atoms with van der Waals surface area (Å²) in [5.74, 6) is 0.387. The van der Waals surface area contributed by atoms with Gasteiger partial charge in [0.15, 0.2) is 0 Å². The van der Waals surface area contributed by atoms with Gasteiger partial charge in [-0.3, -0.25) is 9.48 Å². The van der Waals surface area contributed by atoms with E-state index in [4.69, 9.17) is 5.11 Å². The molecule has 1 aromatic rings. The van der Waals surface area contributed by atoms with E-state index in [0.29, 0.717) is 18.2 Å². The molecule has 1 aromatic heterocycles. The summed E-state index contributed by atoms with van der Waals surface area (Å²) in [5.41, 5.74) is 0.492. The Bertz CT molecular complexity index is 492. The first-order valence-electron chi connectivity index (χ1n) is 7.32. The molecular weight excluding hydrogens is 272 g/mol. The maximum atomic E-state index is 11.8. The first-order valence-corrected chi connectivity index (χ1v) is 7.32. The summed E-state index contributed by atoms with van der Waals surface area (Å²) < 4.78 is 1.26. The summed E-state index contributed by atoms with van der Waals surface area (Å²) in [6.45, 7) is 2.73. The number of carbonyl (C=O) groups is 2. The Hall–Kier alpha value is -2.05. The number of amides is 2. The van der Waals surface area contributed by atoms with Crippen molar-refractivity contribution in [3.05, 3.63) is 12.4 Å². The zero-order valence-corrected chi connectivity index (χ0v) is 12.2. The molecule has 0 aromatic carbocycles. The molecule has 0 spiro atoms. The maximum Gasteiger partial charge on any atom is 0.325 e. The van der Waals surface area contributed by atoms with Crippen molar-refractivity contribution in [1.29, 1.82) is 0 Å². The highest BCUT2D eigenvalue weighted by Crippen LogP contribution is 2.27. The monoisotopic (exact) mass is 294 g/mol. The summed E-state index contributed by atoms with van der Waals surface area (Å²) in [4.78, 5) is 22.3. The Balaban J connectivity index is 1.71. The predicted octanol–water partition coefficient (Wildman–Crippen LogP) is 1.92. The average molecular weight is 294 g/mol. The van der Waals surface area contributed by atoms with Crippen LogP contribution in [0.4, 0.5) is 10.5 Å². The summed E-state index contributed by atoms with van der Waals surface area (Å²) >= 11 is 0. The minimum Gasteiger partial charge on any atom is -0.480 e. The molecule has 21 heavy (non-hydrogen) atoms. The highest BCUT2D eigenvalue weighted by atomic mass is 16.4. The van der Waals surface area contributed by atoms with Crippen LogP contribution in [0.5, 0.6) is 0 Å². The molecule has 1 fully saturated rings. The Morgan fingerprint density at radius 3 is 2.76 bits per heavy atom. The van der Waals surface area contributed by atoms with Gasteiger partial charge in [-0.05, 0) is 24.7 Å². The Kier molecular flexibility index (Phi) is 5.19. The third kappa shape index (κ3) is 5.09. The Morgan fingerprint density at radius 2 is 2.10 bits per heavy atom. The van der Waals surface area contributed by atoms with Crippen LogP contribution in [0.2, 0.25) is 0 Å². The molecule has 7 heteroatoms. The first kappa shape index (κ1) is 15.3. The lowest BCUT2D eigenvalue weighted by Crippen LogP contribution is -2.34. The van der Waals surface area contributed by atoms with Crippen LogP contribution < -0.4 is 10.6 Å². The lowest BCUT2D eigenvalue weighted by Gasteiger charge is -2.26. The highest BCUT2D eigenvalue weighted by Gasteiger charge is 2.18. The lowest BCUT2D eigenvalue weighted by atomic mass is 9.83. The molecule has 0 unspecified atom stereocenters. The van der Waals surface area contributed by atoms with Gasteiger partial charge in [0.25, 0.3) is 0 Å². The van der Waals surface area contributed by atoms with Crippen LogP contribution in [0.25, 0.3) is 0 Å². The normalized spacial score (nSPS) is 21.8. The van der Waals surface area contributed by atoms with Gasteiger partial charge in [0, 0.05) is 12.7 Å². The van der Waals surface area contributed by atoms with E-state index < -0.39 is 5.97 Å². The third-order valence-corrected chi connectivity index (χ3v) is 3.88. The number of nitrogens with zero attached hydrogens (tertiary/aromatic N) is 2. The van der Waals surface area contributed by atoms with E-state index in [9.17, 15) is 9.59 Å². The number of rotatable bonds is 5. The van der Waals surface area contributed by atoms with Crippen molar-refractivity contribution in [2.45, 2.75) is 39.2 Å². The van der Waals surface area contributed by atoms with Crippen molar-refractivity contribution in [3.63, 3.8) is 0 Å². The van der Waals surface area contributed by atoms with Crippen molar-refractivity contribution >= 4 is 17.7 Å². The van der Waals surface area contributed by atoms with Crippen molar-refractivity contribution in [1.82, 2.24) is 15.1 Å². The number of urea groups is 1. The molecule has 1 aliphatic carbocycles. The number of hydrogen-bond donors (Lipinski definition) is 3. The van der Waals surface area contributed by atoms with Crippen LogP contribution in [0.15, 0.2) is 12.4 Å². The van der Waals surface area contributed by atoms with Gasteiger partial charge in [-0.1, -0.05) is 19.8 Å². The van der Waals surface area contributed by atoms with Gasteiger partial charge in [-0.15, -0.1) is 0 Å². The zero-order valence-electron chi connectivity index (χ0n) is 12.2. The smallest absolute Gasteiger partial charge is 0.325 e. The predicted molar refractivity (Wildman–Crippen MR) is 78.0 cm³/mol. The Morgan fingerprint density at radius 1 is 1.38 bits per heavy atom. The molecule has 3 N–H and O–H groups in total. The number of nitrogens with one attached hydrogen (secondary N) is 2. The van der Waals surface area contributed by atoms with E-state index in [0.717, 1.165) is 18.8 Å². The molecule has 2 amide bonds. The molecule has 0 bridgehead atoms. The standard InChI is InChI=1S/C14H22N4O3/c1-10-2-4-11(5-3-10)6-15-14(21)17-12-7-16-18(8-12)9-13(19)20/h7-8,10-11H,2-6,9H2,1H3,(H,19,20)(H2,15,17,21). The molecule has 1 aliphatic rings. The minimum atomic E-state index is -0.972.